The second-order valence-electron chi connectivity index (χ2n) is 13.7. The van der Waals surface area contributed by atoms with E-state index in [0.29, 0.717) is 0 Å². The van der Waals surface area contributed by atoms with Gasteiger partial charge in [-0.3, -0.25) is 0 Å². The number of rotatable bonds is 3. The van der Waals surface area contributed by atoms with Crippen molar-refractivity contribution in [3.8, 4) is 28.3 Å². The molecule has 0 atom stereocenters. The lowest BCUT2D eigenvalue weighted by atomic mass is 10.0. The lowest BCUT2D eigenvalue weighted by Gasteiger charge is -2.14. The van der Waals surface area contributed by atoms with E-state index in [1.54, 1.807) is 0 Å². The van der Waals surface area contributed by atoms with E-state index in [4.69, 9.17) is 9.97 Å². The molecule has 12 rings (SSSR count). The lowest BCUT2D eigenvalue weighted by Crippen LogP contribution is -1.98. The largest absolute Gasteiger partial charge is 0.309 e. The molecule has 0 saturated heterocycles. The summed E-state index contributed by atoms with van der Waals surface area (Å²) in [4.78, 5) is 10.7. The zero-order chi connectivity index (χ0) is 34.6. The van der Waals surface area contributed by atoms with Crippen LogP contribution in [0.2, 0.25) is 0 Å². The fourth-order valence-corrected chi connectivity index (χ4v) is 10.7. The fourth-order valence-electron chi connectivity index (χ4n) is 8.40. The molecule has 0 fully saturated rings. The highest BCUT2D eigenvalue weighted by atomic mass is 32.1. The van der Waals surface area contributed by atoms with Gasteiger partial charge in [0, 0.05) is 73.3 Å². The number of aromatic nitrogens is 3. The van der Waals surface area contributed by atoms with Crippen LogP contribution in [-0.2, 0) is 0 Å². The van der Waals surface area contributed by atoms with Crippen LogP contribution in [0.4, 0.5) is 0 Å². The number of hydrogen-bond acceptors (Lipinski definition) is 4. The first kappa shape index (κ1) is 29.2. The van der Waals surface area contributed by atoms with Crippen LogP contribution in [0.25, 0.3) is 112 Å². The summed E-state index contributed by atoms with van der Waals surface area (Å²) in [6.45, 7) is 0. The Bertz CT molecular complexity index is 3460. The van der Waals surface area contributed by atoms with Gasteiger partial charge in [-0.1, -0.05) is 115 Å². The smallest absolute Gasteiger partial charge is 0.161 e. The molecular weight excluding hydrogens is 683 g/mol. The van der Waals surface area contributed by atoms with Crippen molar-refractivity contribution in [1.29, 1.82) is 0 Å². The van der Waals surface area contributed by atoms with E-state index in [2.05, 4.69) is 168 Å². The molecular formula is C48H27N3S2. The molecule has 4 heterocycles. The van der Waals surface area contributed by atoms with Gasteiger partial charge in [-0.25, -0.2) is 9.97 Å². The van der Waals surface area contributed by atoms with Crippen molar-refractivity contribution in [3.63, 3.8) is 0 Å². The maximum Gasteiger partial charge on any atom is 0.161 e. The fraction of sp³-hybridized carbons (Fsp3) is 0. The molecule has 8 aromatic carbocycles. The summed E-state index contributed by atoms with van der Waals surface area (Å²) < 4.78 is 7.55. The number of para-hydroxylation sites is 1. The van der Waals surface area contributed by atoms with Crippen LogP contribution in [0.15, 0.2) is 164 Å². The summed E-state index contributed by atoms with van der Waals surface area (Å²) in [5.74, 6) is 0.735. The quantitative estimate of drug-likeness (QED) is 0.183. The predicted molar refractivity (Wildman–Crippen MR) is 228 cm³/mol. The van der Waals surface area contributed by atoms with Gasteiger partial charge in [0.05, 0.1) is 22.2 Å². The Morgan fingerprint density at radius 3 is 1.98 bits per heavy atom. The zero-order valence-corrected chi connectivity index (χ0v) is 29.9. The van der Waals surface area contributed by atoms with Crippen LogP contribution in [0.1, 0.15) is 0 Å². The normalized spacial score (nSPS) is 12.2. The van der Waals surface area contributed by atoms with Crippen LogP contribution < -0.4 is 0 Å². The Morgan fingerprint density at radius 1 is 0.434 bits per heavy atom. The SMILES string of the molecule is c1ccc(-c2nc(-c3cc(-n4c5cc6c(cc5c5c7ccccc7ccc54)sc4ccccc46)cc4c3sc3ccccc34)nc3ccccc23)cc1. The van der Waals surface area contributed by atoms with Crippen molar-refractivity contribution in [2.24, 2.45) is 0 Å². The third-order valence-corrected chi connectivity index (χ3v) is 13.1. The molecule has 0 aliphatic heterocycles. The molecule has 3 nitrogen and oxygen atoms in total. The molecule has 0 spiro atoms. The van der Waals surface area contributed by atoms with Crippen molar-refractivity contribution in [2.75, 3.05) is 0 Å². The van der Waals surface area contributed by atoms with Crippen LogP contribution in [0.3, 0.4) is 0 Å². The van der Waals surface area contributed by atoms with Crippen LogP contribution in [0.5, 0.6) is 0 Å². The molecule has 53 heavy (non-hydrogen) atoms. The third-order valence-electron chi connectivity index (χ3n) is 10.8. The predicted octanol–water partition coefficient (Wildman–Crippen LogP) is 13.9. The number of nitrogens with zero attached hydrogens (tertiary/aromatic N) is 3. The third kappa shape index (κ3) is 4.26. The van der Waals surface area contributed by atoms with Crippen molar-refractivity contribution in [1.82, 2.24) is 14.5 Å². The summed E-state index contributed by atoms with van der Waals surface area (Å²) >= 11 is 3.70. The number of thiophene rings is 2. The second-order valence-corrected chi connectivity index (χ2v) is 15.9. The molecule has 0 amide bonds. The van der Waals surface area contributed by atoms with Gasteiger partial charge in [-0.15, -0.1) is 22.7 Å². The Morgan fingerprint density at radius 2 is 1.13 bits per heavy atom. The summed E-state index contributed by atoms with van der Waals surface area (Å²) in [6, 6.07) is 59.3. The highest BCUT2D eigenvalue weighted by molar-refractivity contribution is 7.26. The van der Waals surface area contributed by atoms with Gasteiger partial charge in [0.25, 0.3) is 0 Å². The molecule has 0 radical (unpaired) electrons. The summed E-state index contributed by atoms with van der Waals surface area (Å²) in [5.41, 5.74) is 7.49. The Balaban J connectivity index is 1.24. The van der Waals surface area contributed by atoms with Crippen molar-refractivity contribution in [2.45, 2.75) is 0 Å². The van der Waals surface area contributed by atoms with Gasteiger partial charge in [0.2, 0.25) is 0 Å². The van der Waals surface area contributed by atoms with Gasteiger partial charge in [-0.05, 0) is 59.3 Å². The van der Waals surface area contributed by atoms with Crippen molar-refractivity contribution in [3.05, 3.63) is 164 Å². The summed E-state index contributed by atoms with van der Waals surface area (Å²) in [7, 11) is 0. The van der Waals surface area contributed by atoms with Crippen LogP contribution in [0, 0.1) is 0 Å². The minimum absolute atomic E-state index is 0.735. The summed E-state index contributed by atoms with van der Waals surface area (Å²) in [6.07, 6.45) is 0. The standard InChI is InChI=1S/C48H27N3S2/c1-2-13-29(14-3-1)46-34-18-6-9-19-39(34)49-48(50-46)38-25-30(24-36-33-17-8-11-21-43(33)53-47(36)38)51-40-23-22-28-12-4-5-15-31(28)45(40)37-27-44-35(26-41(37)51)32-16-7-10-20-42(32)52-44/h1-27H. The Kier molecular flexibility index (Phi) is 6.09. The van der Waals surface area contributed by atoms with Crippen LogP contribution >= 0.6 is 22.7 Å². The molecule has 246 valence electrons. The van der Waals surface area contributed by atoms with Crippen molar-refractivity contribution < 1.29 is 0 Å². The topological polar surface area (TPSA) is 30.7 Å². The maximum atomic E-state index is 5.41. The number of hydrogen-bond donors (Lipinski definition) is 0. The van der Waals surface area contributed by atoms with E-state index >= 15 is 0 Å². The summed E-state index contributed by atoms with van der Waals surface area (Å²) in [5, 5.41) is 11.2. The van der Waals surface area contributed by atoms with Crippen LogP contribution in [-0.4, -0.2) is 14.5 Å². The number of benzene rings is 8. The van der Waals surface area contributed by atoms with E-state index in [0.717, 1.165) is 39.2 Å². The van der Waals surface area contributed by atoms with Gasteiger partial charge < -0.3 is 4.57 Å². The minimum Gasteiger partial charge on any atom is -0.309 e. The average Bonchev–Trinajstić information content (AvgIpc) is 3.88. The molecule has 0 aliphatic rings. The first-order valence-corrected chi connectivity index (χ1v) is 19.5. The monoisotopic (exact) mass is 709 g/mol. The zero-order valence-electron chi connectivity index (χ0n) is 28.2. The van der Waals surface area contributed by atoms with Gasteiger partial charge in [-0.2, -0.15) is 0 Å². The average molecular weight is 710 g/mol. The highest BCUT2D eigenvalue weighted by Crippen LogP contribution is 2.46. The Hall–Kier alpha value is -6.40. The van der Waals surface area contributed by atoms with E-state index in [9.17, 15) is 0 Å². The molecule has 4 aromatic heterocycles. The number of fused-ring (bicyclic) bond motifs is 12. The lowest BCUT2D eigenvalue weighted by molar-refractivity contribution is 1.18. The van der Waals surface area contributed by atoms with E-state index in [1.807, 2.05) is 22.7 Å². The second kappa shape index (κ2) is 11.1. The molecule has 0 aliphatic carbocycles. The molecule has 0 bridgehead atoms. The van der Waals surface area contributed by atoms with E-state index < -0.39 is 0 Å². The first-order chi connectivity index (χ1) is 26.3. The van der Waals surface area contributed by atoms with E-state index in [-0.39, 0.29) is 0 Å². The van der Waals surface area contributed by atoms with Crippen molar-refractivity contribution >= 4 is 106 Å². The van der Waals surface area contributed by atoms with Gasteiger partial charge in [0.15, 0.2) is 5.82 Å². The molecule has 0 unspecified atom stereocenters. The maximum absolute atomic E-state index is 5.41. The minimum atomic E-state index is 0.735. The van der Waals surface area contributed by atoms with Gasteiger partial charge in [0.1, 0.15) is 0 Å². The first-order valence-electron chi connectivity index (χ1n) is 17.8. The van der Waals surface area contributed by atoms with E-state index in [1.165, 1.54) is 72.9 Å². The highest BCUT2D eigenvalue weighted by Gasteiger charge is 2.22. The molecule has 0 saturated carbocycles. The molecule has 0 N–H and O–H groups in total. The molecule has 12 aromatic rings. The molecule has 5 heteroatoms. The Labute approximate surface area is 311 Å². The van der Waals surface area contributed by atoms with Gasteiger partial charge >= 0.3 is 0 Å².